The Bertz CT molecular complexity index is 719. The van der Waals surface area contributed by atoms with Crippen LogP contribution in [0.3, 0.4) is 0 Å². The van der Waals surface area contributed by atoms with Crippen molar-refractivity contribution in [3.63, 3.8) is 0 Å². The van der Waals surface area contributed by atoms with E-state index in [0.717, 1.165) is 12.1 Å². The molecule has 21 heavy (non-hydrogen) atoms. The number of hydrogen-bond donors (Lipinski definition) is 1. The zero-order valence-corrected chi connectivity index (χ0v) is 13.2. The van der Waals surface area contributed by atoms with E-state index < -0.39 is 11.6 Å². The van der Waals surface area contributed by atoms with Crippen molar-refractivity contribution in [2.24, 2.45) is 0 Å². The lowest BCUT2D eigenvalue weighted by Gasteiger charge is -2.16. The molecule has 2 aromatic heterocycles. The molecular formula is C16H15F2NS2. The number of hydrogen-bond acceptors (Lipinski definition) is 3. The molecule has 0 aliphatic carbocycles. The molecule has 1 unspecified atom stereocenters. The third kappa shape index (κ3) is 3.15. The minimum Gasteiger partial charge on any atom is -0.309 e. The molecule has 0 saturated heterocycles. The Morgan fingerprint density at radius 1 is 1.10 bits per heavy atom. The normalized spacial score (nSPS) is 12.9. The lowest BCUT2D eigenvalue weighted by Crippen LogP contribution is -2.22. The van der Waals surface area contributed by atoms with E-state index in [1.54, 1.807) is 28.7 Å². The molecule has 0 bridgehead atoms. The molecule has 1 aromatic carbocycles. The van der Waals surface area contributed by atoms with Gasteiger partial charge in [0.15, 0.2) is 11.6 Å². The molecule has 0 spiro atoms. The Kier molecular flexibility index (Phi) is 4.33. The van der Waals surface area contributed by atoms with Gasteiger partial charge in [-0.05, 0) is 48.2 Å². The van der Waals surface area contributed by atoms with Gasteiger partial charge in [0.1, 0.15) is 0 Å². The van der Waals surface area contributed by atoms with Crippen molar-refractivity contribution in [1.82, 2.24) is 5.32 Å². The summed E-state index contributed by atoms with van der Waals surface area (Å²) >= 11 is 3.49. The summed E-state index contributed by atoms with van der Waals surface area (Å²) in [6, 6.07) is 8.58. The molecule has 3 rings (SSSR count). The first-order valence-corrected chi connectivity index (χ1v) is 8.51. The maximum absolute atomic E-state index is 13.3. The van der Waals surface area contributed by atoms with E-state index in [4.69, 9.17) is 0 Å². The zero-order valence-electron chi connectivity index (χ0n) is 11.5. The van der Waals surface area contributed by atoms with Gasteiger partial charge in [-0.15, -0.1) is 22.7 Å². The summed E-state index contributed by atoms with van der Waals surface area (Å²) in [4.78, 5) is 1.24. The number of rotatable bonds is 5. The summed E-state index contributed by atoms with van der Waals surface area (Å²) in [5.74, 6) is -1.58. The standard InChI is InChI=1S/C16H15F2NS2/c1-2-19-13(8-10-3-4-11(17)12(18)7-10)15-9-16-14(21-15)5-6-20-16/h3-7,9,13,19H,2,8H2,1H3. The van der Waals surface area contributed by atoms with Crippen molar-refractivity contribution in [1.29, 1.82) is 0 Å². The molecule has 1 nitrogen and oxygen atoms in total. The molecule has 2 heterocycles. The van der Waals surface area contributed by atoms with Gasteiger partial charge in [0.25, 0.3) is 0 Å². The molecule has 0 saturated carbocycles. The highest BCUT2D eigenvalue weighted by Crippen LogP contribution is 2.34. The molecule has 0 fully saturated rings. The Morgan fingerprint density at radius 3 is 2.67 bits per heavy atom. The van der Waals surface area contributed by atoms with Gasteiger partial charge in [0.05, 0.1) is 0 Å². The molecular weight excluding hydrogens is 308 g/mol. The number of likely N-dealkylation sites (N-methyl/N-ethyl adjacent to an activating group) is 1. The van der Waals surface area contributed by atoms with Crippen molar-refractivity contribution in [2.45, 2.75) is 19.4 Å². The zero-order chi connectivity index (χ0) is 14.8. The number of fused-ring (bicyclic) bond motifs is 1. The van der Waals surface area contributed by atoms with Crippen molar-refractivity contribution < 1.29 is 8.78 Å². The monoisotopic (exact) mass is 323 g/mol. The van der Waals surface area contributed by atoms with E-state index in [0.29, 0.717) is 6.42 Å². The summed E-state index contributed by atoms with van der Waals surface area (Å²) in [5.41, 5.74) is 0.802. The van der Waals surface area contributed by atoms with Crippen LogP contribution < -0.4 is 5.32 Å². The molecule has 3 aromatic rings. The van der Waals surface area contributed by atoms with Gasteiger partial charge in [0.2, 0.25) is 0 Å². The molecule has 1 atom stereocenters. The molecule has 1 N–H and O–H groups in total. The highest BCUT2D eigenvalue weighted by molar-refractivity contribution is 7.26. The number of thiophene rings is 2. The maximum atomic E-state index is 13.3. The van der Waals surface area contributed by atoms with Gasteiger partial charge in [-0.2, -0.15) is 0 Å². The summed E-state index contributed by atoms with van der Waals surface area (Å²) in [6.07, 6.45) is 0.652. The second-order valence-corrected chi connectivity index (χ2v) is 6.92. The van der Waals surface area contributed by atoms with Crippen molar-refractivity contribution in [2.75, 3.05) is 6.54 Å². The minimum absolute atomic E-state index is 0.129. The third-order valence-corrected chi connectivity index (χ3v) is 5.58. The lowest BCUT2D eigenvalue weighted by atomic mass is 10.0. The Balaban J connectivity index is 1.86. The van der Waals surface area contributed by atoms with Crippen LogP contribution in [-0.2, 0) is 6.42 Å². The minimum atomic E-state index is -0.796. The molecule has 0 amide bonds. The van der Waals surface area contributed by atoms with Gasteiger partial charge in [0, 0.05) is 20.3 Å². The van der Waals surface area contributed by atoms with Gasteiger partial charge < -0.3 is 5.32 Å². The average molecular weight is 323 g/mol. The number of halogens is 2. The first-order chi connectivity index (χ1) is 10.2. The number of nitrogens with one attached hydrogen (secondary N) is 1. The fraction of sp³-hybridized carbons (Fsp3) is 0.250. The van der Waals surface area contributed by atoms with E-state index in [1.807, 2.05) is 6.92 Å². The average Bonchev–Trinajstić information content (AvgIpc) is 3.03. The Labute approximate surface area is 130 Å². The van der Waals surface area contributed by atoms with Crippen LogP contribution in [0.4, 0.5) is 8.78 Å². The van der Waals surface area contributed by atoms with Crippen LogP contribution in [0.2, 0.25) is 0 Å². The largest absolute Gasteiger partial charge is 0.309 e. The molecule has 0 radical (unpaired) electrons. The van der Waals surface area contributed by atoms with E-state index >= 15 is 0 Å². The molecule has 5 heteroatoms. The predicted octanol–water partition coefficient (Wildman–Crippen LogP) is 5.13. The fourth-order valence-electron chi connectivity index (χ4n) is 2.38. The third-order valence-electron chi connectivity index (χ3n) is 3.38. The van der Waals surface area contributed by atoms with Gasteiger partial charge in [-0.1, -0.05) is 13.0 Å². The SMILES string of the molecule is CCNC(Cc1ccc(F)c(F)c1)c1cc2sccc2s1. The van der Waals surface area contributed by atoms with Gasteiger partial charge >= 0.3 is 0 Å². The summed E-state index contributed by atoms with van der Waals surface area (Å²) in [7, 11) is 0. The predicted molar refractivity (Wildman–Crippen MR) is 86.2 cm³/mol. The topological polar surface area (TPSA) is 12.0 Å². The maximum Gasteiger partial charge on any atom is 0.159 e. The van der Waals surface area contributed by atoms with Crippen molar-refractivity contribution in [3.8, 4) is 0 Å². The Morgan fingerprint density at radius 2 is 1.95 bits per heavy atom. The van der Waals surface area contributed by atoms with Gasteiger partial charge in [-0.3, -0.25) is 0 Å². The first-order valence-electron chi connectivity index (χ1n) is 6.81. The smallest absolute Gasteiger partial charge is 0.159 e. The van der Waals surface area contributed by atoms with Crippen LogP contribution >= 0.6 is 22.7 Å². The molecule has 110 valence electrons. The first kappa shape index (κ1) is 14.6. The molecule has 0 aliphatic rings. The second kappa shape index (κ2) is 6.22. The van der Waals surface area contributed by atoms with Gasteiger partial charge in [-0.25, -0.2) is 8.78 Å². The van der Waals surface area contributed by atoms with Crippen LogP contribution in [0.5, 0.6) is 0 Å². The van der Waals surface area contributed by atoms with E-state index in [9.17, 15) is 8.78 Å². The van der Waals surface area contributed by atoms with Crippen molar-refractivity contribution >= 4 is 32.1 Å². The van der Waals surface area contributed by atoms with E-state index in [1.165, 1.54) is 26.4 Å². The van der Waals surface area contributed by atoms with Crippen LogP contribution in [-0.4, -0.2) is 6.54 Å². The summed E-state index contributed by atoms with van der Waals surface area (Å²) < 4.78 is 28.9. The number of benzene rings is 1. The second-order valence-electron chi connectivity index (χ2n) is 4.86. The quantitative estimate of drug-likeness (QED) is 0.686. The van der Waals surface area contributed by atoms with E-state index in [-0.39, 0.29) is 6.04 Å². The van der Waals surface area contributed by atoms with Crippen LogP contribution in [0.25, 0.3) is 9.40 Å². The lowest BCUT2D eigenvalue weighted by molar-refractivity contribution is 0.503. The van der Waals surface area contributed by atoms with Crippen LogP contribution in [0, 0.1) is 11.6 Å². The summed E-state index contributed by atoms with van der Waals surface area (Å²) in [6.45, 7) is 2.88. The molecule has 0 aliphatic heterocycles. The van der Waals surface area contributed by atoms with Crippen LogP contribution in [0.1, 0.15) is 23.4 Å². The van der Waals surface area contributed by atoms with Crippen molar-refractivity contribution in [3.05, 3.63) is 57.8 Å². The highest BCUT2D eigenvalue weighted by Gasteiger charge is 2.16. The highest BCUT2D eigenvalue weighted by atomic mass is 32.1. The summed E-state index contributed by atoms with van der Waals surface area (Å²) in [5, 5.41) is 5.52. The van der Waals surface area contributed by atoms with E-state index in [2.05, 4.69) is 22.8 Å². The van der Waals surface area contributed by atoms with Crippen LogP contribution in [0.15, 0.2) is 35.7 Å². The Hall–Kier alpha value is -1.30. The fourth-order valence-corrected chi connectivity index (χ4v) is 4.57.